The van der Waals surface area contributed by atoms with Gasteiger partial charge in [0.2, 0.25) is 0 Å². The van der Waals surface area contributed by atoms with Crippen LogP contribution in [0.2, 0.25) is 0 Å². The van der Waals surface area contributed by atoms with Crippen LogP contribution >= 0.6 is 0 Å². The van der Waals surface area contributed by atoms with E-state index in [1.54, 1.807) is 0 Å². The van der Waals surface area contributed by atoms with E-state index in [1.807, 2.05) is 0 Å². The number of aliphatic hydroxyl groups is 1. The number of rotatable bonds is 5. The maximum absolute atomic E-state index is 9.74. The van der Waals surface area contributed by atoms with Gasteiger partial charge in [0.1, 0.15) is 0 Å². The van der Waals surface area contributed by atoms with Gasteiger partial charge in [-0.05, 0) is 27.6 Å². The summed E-state index contributed by atoms with van der Waals surface area (Å²) in [7, 11) is -2.25. The Morgan fingerprint density at radius 3 is 1.29 bits per heavy atom. The van der Waals surface area contributed by atoms with Gasteiger partial charge in [-0.3, -0.25) is 0 Å². The zero-order valence-corrected chi connectivity index (χ0v) is 14.5. The fourth-order valence-electron chi connectivity index (χ4n) is 3.81. The monoisotopic (exact) mass is 328 g/mol. The van der Waals surface area contributed by atoms with Crippen molar-refractivity contribution in [3.63, 3.8) is 0 Å². The van der Waals surface area contributed by atoms with Gasteiger partial charge in [-0.25, -0.2) is 0 Å². The van der Waals surface area contributed by atoms with E-state index in [4.69, 9.17) is 0 Å². The third kappa shape index (κ3) is 2.35. The molecule has 3 aromatic rings. The first-order valence-electron chi connectivity index (χ1n) is 8.36. The van der Waals surface area contributed by atoms with E-state index in [9.17, 15) is 5.11 Å². The Morgan fingerprint density at radius 2 is 1.00 bits per heavy atom. The summed E-state index contributed by atoms with van der Waals surface area (Å²) in [5.74, 6) is 0. The molecule has 0 atom stereocenters. The quantitative estimate of drug-likeness (QED) is 0.563. The maximum Gasteiger partial charge on any atom is 0.175 e. The van der Waals surface area contributed by atoms with Crippen LogP contribution in [0.1, 0.15) is 6.42 Å². The number of hydrogen-bond donors (Lipinski definition) is 1. The molecule has 0 bridgehead atoms. The van der Waals surface area contributed by atoms with Gasteiger partial charge in [0.05, 0.1) is 6.61 Å². The summed E-state index contributed by atoms with van der Waals surface area (Å²) < 4.78 is 0. The smallest absolute Gasteiger partial charge is 0.175 e. The van der Waals surface area contributed by atoms with E-state index in [0.717, 1.165) is 6.42 Å². The van der Waals surface area contributed by atoms with Gasteiger partial charge < -0.3 is 5.11 Å². The van der Waals surface area contributed by atoms with Gasteiger partial charge in [0.15, 0.2) is 8.07 Å². The summed E-state index contributed by atoms with van der Waals surface area (Å²) in [6.07, 6.45) is 0.960. The van der Waals surface area contributed by atoms with E-state index in [1.165, 1.54) is 26.3 Å². The Bertz CT molecular complexity index is 758. The summed E-state index contributed by atoms with van der Waals surface area (Å²) >= 11 is 0. The molecule has 0 unspecified atom stereocenters. The van der Waals surface area contributed by atoms with E-state index in [0.29, 0.717) is 0 Å². The minimum absolute atomic E-state index is 0.177. The fraction of sp³-hybridized carbons (Fsp3) is 0.0909. The minimum Gasteiger partial charge on any atom is -0.392 e. The highest BCUT2D eigenvalue weighted by atomic mass is 28.3. The van der Waals surface area contributed by atoms with Crippen LogP contribution in [-0.2, 0) is 0 Å². The Kier molecular flexibility index (Phi) is 3.93. The maximum atomic E-state index is 9.74. The van der Waals surface area contributed by atoms with Crippen molar-refractivity contribution in [2.75, 3.05) is 6.61 Å². The van der Waals surface area contributed by atoms with Crippen molar-refractivity contribution in [3.8, 4) is 0 Å². The summed E-state index contributed by atoms with van der Waals surface area (Å²) in [6, 6.07) is 32.5. The molecule has 1 aliphatic rings. The van der Waals surface area contributed by atoms with E-state index in [-0.39, 0.29) is 6.61 Å². The summed E-state index contributed by atoms with van der Waals surface area (Å²) in [5, 5.41) is 15.4. The molecule has 0 aromatic heterocycles. The third-order valence-electron chi connectivity index (χ3n) is 4.96. The molecule has 1 nitrogen and oxygen atoms in total. The normalized spacial score (nSPS) is 13.9. The van der Waals surface area contributed by atoms with Crippen molar-refractivity contribution >= 4 is 23.6 Å². The van der Waals surface area contributed by atoms with Crippen LogP contribution in [0.5, 0.6) is 0 Å². The van der Waals surface area contributed by atoms with Crippen molar-refractivity contribution in [3.05, 3.63) is 102 Å². The van der Waals surface area contributed by atoms with Crippen LogP contribution in [0.4, 0.5) is 0 Å². The molecule has 118 valence electrons. The largest absolute Gasteiger partial charge is 0.392 e. The highest BCUT2D eigenvalue weighted by Crippen LogP contribution is 2.37. The zero-order chi connectivity index (χ0) is 16.4. The first-order valence-corrected chi connectivity index (χ1v) is 10.4. The second kappa shape index (κ2) is 6.23. The van der Waals surface area contributed by atoms with Gasteiger partial charge in [-0.1, -0.05) is 96.2 Å². The van der Waals surface area contributed by atoms with E-state index in [2.05, 4.69) is 91.0 Å². The van der Waals surface area contributed by atoms with Crippen molar-refractivity contribution in [2.24, 2.45) is 0 Å². The molecule has 0 aliphatic heterocycles. The first-order chi connectivity index (χ1) is 11.9. The van der Waals surface area contributed by atoms with Crippen molar-refractivity contribution in [1.29, 1.82) is 0 Å². The average molecular weight is 328 g/mol. The van der Waals surface area contributed by atoms with Gasteiger partial charge in [-0.2, -0.15) is 0 Å². The predicted molar refractivity (Wildman–Crippen MR) is 103 cm³/mol. The Balaban J connectivity index is 2.06. The summed E-state index contributed by atoms with van der Waals surface area (Å²) in [5.41, 5.74) is 1.22. The van der Waals surface area contributed by atoms with E-state index < -0.39 is 8.07 Å². The Hall–Kier alpha value is -2.42. The number of hydrogen-bond acceptors (Lipinski definition) is 1. The zero-order valence-electron chi connectivity index (χ0n) is 13.5. The van der Waals surface area contributed by atoms with Crippen molar-refractivity contribution in [2.45, 2.75) is 6.42 Å². The second-order valence-electron chi connectivity index (χ2n) is 6.27. The molecule has 1 aliphatic carbocycles. The minimum atomic E-state index is -2.25. The molecule has 24 heavy (non-hydrogen) atoms. The van der Waals surface area contributed by atoms with Gasteiger partial charge in [0, 0.05) is 0 Å². The lowest BCUT2D eigenvalue weighted by Gasteiger charge is -2.32. The molecule has 0 saturated heterocycles. The standard InChI is InChI=1S/C22H20OSi/c23-17-18-16-22(18)24(19-10-4-1-5-11-19,20-12-6-2-7-13-20)21-14-8-3-9-15-21/h1-15,23H,16-17H2. The van der Waals surface area contributed by atoms with Crippen LogP contribution in [0, 0.1) is 0 Å². The van der Waals surface area contributed by atoms with Gasteiger partial charge in [-0.15, -0.1) is 0 Å². The third-order valence-corrected chi connectivity index (χ3v) is 9.99. The molecule has 0 saturated carbocycles. The summed E-state index contributed by atoms with van der Waals surface area (Å²) in [4.78, 5) is 0. The number of allylic oxidation sites excluding steroid dienone is 1. The molecular formula is C22H20OSi. The lowest BCUT2D eigenvalue weighted by atomic mass is 10.3. The van der Waals surface area contributed by atoms with Crippen LogP contribution in [0.15, 0.2) is 102 Å². The highest BCUT2D eigenvalue weighted by molar-refractivity contribution is 7.16. The predicted octanol–water partition coefficient (Wildman–Crippen LogP) is 2.39. The Labute approximate surface area is 143 Å². The second-order valence-corrected chi connectivity index (χ2v) is 10.1. The fourth-order valence-corrected chi connectivity index (χ4v) is 9.02. The van der Waals surface area contributed by atoms with Gasteiger partial charge >= 0.3 is 0 Å². The molecule has 2 heteroatoms. The Morgan fingerprint density at radius 1 is 0.625 bits per heavy atom. The average Bonchev–Trinajstić information content (AvgIpc) is 3.45. The lowest BCUT2D eigenvalue weighted by Crippen LogP contribution is -2.67. The number of aliphatic hydroxyl groups excluding tert-OH is 1. The molecule has 0 heterocycles. The van der Waals surface area contributed by atoms with E-state index >= 15 is 0 Å². The SMILES string of the molecule is OCC1=C([Si](c2ccccc2)(c2ccccc2)c2ccccc2)C1. The molecule has 0 radical (unpaired) electrons. The van der Waals surface area contributed by atoms with Crippen LogP contribution < -0.4 is 15.6 Å². The van der Waals surface area contributed by atoms with Crippen molar-refractivity contribution in [1.82, 2.24) is 0 Å². The molecule has 0 amide bonds. The molecule has 0 fully saturated rings. The molecular weight excluding hydrogens is 308 g/mol. The van der Waals surface area contributed by atoms with Crippen LogP contribution in [0.3, 0.4) is 0 Å². The number of benzene rings is 3. The molecule has 1 N–H and O–H groups in total. The van der Waals surface area contributed by atoms with Crippen molar-refractivity contribution < 1.29 is 5.11 Å². The molecule has 0 spiro atoms. The van der Waals surface area contributed by atoms with Gasteiger partial charge in [0.25, 0.3) is 0 Å². The highest BCUT2D eigenvalue weighted by Gasteiger charge is 2.48. The lowest BCUT2D eigenvalue weighted by molar-refractivity contribution is 0.335. The first kappa shape index (κ1) is 15.1. The molecule has 3 aromatic carbocycles. The van der Waals surface area contributed by atoms with Crippen LogP contribution in [-0.4, -0.2) is 19.8 Å². The topological polar surface area (TPSA) is 20.2 Å². The summed E-state index contributed by atoms with van der Waals surface area (Å²) in [6.45, 7) is 0.177. The molecule has 4 rings (SSSR count). The van der Waals surface area contributed by atoms with Crippen LogP contribution in [0.25, 0.3) is 0 Å².